The molecule has 0 aliphatic rings. The van der Waals surface area contributed by atoms with Crippen LogP contribution in [0.3, 0.4) is 0 Å². The van der Waals surface area contributed by atoms with E-state index in [1.807, 2.05) is 25.1 Å². The van der Waals surface area contributed by atoms with Crippen molar-refractivity contribution in [1.82, 2.24) is 0 Å². The average molecular weight is 311 g/mol. The zero-order valence-electron chi connectivity index (χ0n) is 10.6. The third kappa shape index (κ3) is 3.35. The van der Waals surface area contributed by atoms with E-state index < -0.39 is 6.03 Å². The molecule has 0 aliphatic carbocycles. The van der Waals surface area contributed by atoms with Gasteiger partial charge >= 0.3 is 6.03 Å². The number of urea groups is 1. The van der Waals surface area contributed by atoms with E-state index >= 15 is 0 Å². The molecule has 0 bridgehead atoms. The van der Waals surface area contributed by atoms with Gasteiger partial charge in [0.1, 0.15) is 0 Å². The second-order valence-electron chi connectivity index (χ2n) is 4.18. The molecule has 6 heteroatoms. The number of benzene rings is 2. The van der Waals surface area contributed by atoms with Crippen molar-refractivity contribution in [3.05, 3.63) is 52.0 Å². The highest BCUT2D eigenvalue weighted by Gasteiger charge is 2.11. The first kappa shape index (κ1) is 14.5. The highest BCUT2D eigenvalue weighted by molar-refractivity contribution is 6.36. The summed E-state index contributed by atoms with van der Waals surface area (Å²) in [6.45, 7) is 1.88. The van der Waals surface area contributed by atoms with Gasteiger partial charge in [0.2, 0.25) is 0 Å². The molecule has 0 saturated heterocycles. The minimum atomic E-state index is -0.493. The van der Waals surface area contributed by atoms with Crippen LogP contribution >= 0.6 is 23.2 Å². The average Bonchev–Trinajstić information content (AvgIpc) is 2.38. The van der Waals surface area contributed by atoms with Crippen molar-refractivity contribution >= 4 is 40.6 Å². The van der Waals surface area contributed by atoms with Crippen molar-refractivity contribution in [3.63, 3.8) is 0 Å². The lowest BCUT2D eigenvalue weighted by atomic mass is 10.2. The van der Waals surface area contributed by atoms with Crippen LogP contribution in [0.25, 0.3) is 0 Å². The number of amides is 2. The van der Waals surface area contributed by atoms with Gasteiger partial charge in [0.25, 0.3) is 0 Å². The predicted octanol–water partition coefficient (Wildman–Crippen LogP) is 4.65. The Balaban J connectivity index is 2.15. The fourth-order valence-electron chi connectivity index (χ4n) is 1.65. The Labute approximate surface area is 126 Å². The lowest BCUT2D eigenvalue weighted by Gasteiger charge is -2.11. The molecule has 104 valence electrons. The highest BCUT2D eigenvalue weighted by Crippen LogP contribution is 2.35. The van der Waals surface area contributed by atoms with Crippen LogP contribution in [-0.4, -0.2) is 11.1 Å². The van der Waals surface area contributed by atoms with Gasteiger partial charge < -0.3 is 15.7 Å². The molecule has 0 fully saturated rings. The molecule has 2 aromatic rings. The van der Waals surface area contributed by atoms with E-state index in [0.717, 1.165) is 5.56 Å². The van der Waals surface area contributed by atoms with Crippen LogP contribution in [0.4, 0.5) is 16.2 Å². The molecule has 0 heterocycles. The topological polar surface area (TPSA) is 61.4 Å². The number of para-hydroxylation sites is 1. The van der Waals surface area contributed by atoms with Crippen molar-refractivity contribution in [2.45, 2.75) is 6.92 Å². The molecule has 0 unspecified atom stereocenters. The Morgan fingerprint density at radius 1 is 1.10 bits per heavy atom. The molecular formula is C14H12Cl2N2O2. The van der Waals surface area contributed by atoms with E-state index in [-0.39, 0.29) is 16.5 Å². The maximum Gasteiger partial charge on any atom is 0.323 e. The van der Waals surface area contributed by atoms with Gasteiger partial charge in [-0.3, -0.25) is 0 Å². The van der Waals surface area contributed by atoms with E-state index in [0.29, 0.717) is 10.7 Å². The van der Waals surface area contributed by atoms with Crippen LogP contribution in [0.15, 0.2) is 36.4 Å². The maximum absolute atomic E-state index is 11.9. The quantitative estimate of drug-likeness (QED) is 0.707. The summed E-state index contributed by atoms with van der Waals surface area (Å²) >= 11 is 11.6. The van der Waals surface area contributed by atoms with Crippen LogP contribution in [0.1, 0.15) is 5.56 Å². The van der Waals surface area contributed by atoms with Crippen LogP contribution in [0.2, 0.25) is 10.0 Å². The number of phenolic OH excluding ortho intramolecular Hbond substituents is 1. The number of carbonyl (C=O) groups is 1. The fraction of sp³-hybridized carbons (Fsp3) is 0.0714. The second kappa shape index (κ2) is 6.03. The van der Waals surface area contributed by atoms with Gasteiger partial charge in [0.15, 0.2) is 5.75 Å². The number of aromatic hydroxyl groups is 1. The molecule has 0 aliphatic heterocycles. The van der Waals surface area contributed by atoms with Gasteiger partial charge in [0, 0.05) is 10.7 Å². The third-order valence-electron chi connectivity index (χ3n) is 2.67. The molecule has 0 saturated carbocycles. The Bertz CT molecular complexity index is 660. The minimum Gasteiger partial charge on any atom is -0.504 e. The number of hydrogen-bond donors (Lipinski definition) is 3. The summed E-state index contributed by atoms with van der Waals surface area (Å²) in [6, 6.07) is 9.66. The largest absolute Gasteiger partial charge is 0.504 e. The molecule has 20 heavy (non-hydrogen) atoms. The number of aryl methyl sites for hydroxylation is 1. The molecule has 3 N–H and O–H groups in total. The number of nitrogens with one attached hydrogen (secondary N) is 2. The Morgan fingerprint density at radius 2 is 1.75 bits per heavy atom. The molecular weight excluding hydrogens is 299 g/mol. The predicted molar refractivity (Wildman–Crippen MR) is 81.9 cm³/mol. The first-order chi connectivity index (χ1) is 9.47. The monoisotopic (exact) mass is 310 g/mol. The SMILES string of the molecule is Cc1ccccc1NC(=O)Nc1cc(Cl)cc(Cl)c1O. The van der Waals surface area contributed by atoms with Crippen LogP contribution in [0, 0.1) is 6.92 Å². The van der Waals surface area contributed by atoms with Crippen LogP contribution in [-0.2, 0) is 0 Å². The second-order valence-corrected chi connectivity index (χ2v) is 5.02. The molecule has 2 aromatic carbocycles. The Kier molecular flexibility index (Phi) is 4.37. The number of rotatable bonds is 2. The normalized spacial score (nSPS) is 10.2. The number of halogens is 2. The Hall–Kier alpha value is -1.91. The van der Waals surface area contributed by atoms with E-state index in [1.54, 1.807) is 6.07 Å². The van der Waals surface area contributed by atoms with Crippen molar-refractivity contribution in [2.24, 2.45) is 0 Å². The smallest absolute Gasteiger partial charge is 0.323 e. The van der Waals surface area contributed by atoms with Crippen LogP contribution in [0.5, 0.6) is 5.75 Å². The van der Waals surface area contributed by atoms with Gasteiger partial charge in [0.05, 0.1) is 10.7 Å². The van der Waals surface area contributed by atoms with Crippen molar-refractivity contribution < 1.29 is 9.90 Å². The zero-order valence-corrected chi connectivity index (χ0v) is 12.1. The summed E-state index contributed by atoms with van der Waals surface area (Å²) < 4.78 is 0. The van der Waals surface area contributed by atoms with Crippen molar-refractivity contribution in [1.29, 1.82) is 0 Å². The summed E-state index contributed by atoms with van der Waals surface area (Å²) in [6.07, 6.45) is 0. The van der Waals surface area contributed by atoms with E-state index in [4.69, 9.17) is 23.2 Å². The summed E-state index contributed by atoms with van der Waals surface area (Å²) in [5.74, 6) is -0.226. The molecule has 0 aromatic heterocycles. The summed E-state index contributed by atoms with van der Waals surface area (Å²) in [7, 11) is 0. The van der Waals surface area contributed by atoms with Gasteiger partial charge in [-0.05, 0) is 30.7 Å². The number of carbonyl (C=O) groups excluding carboxylic acids is 1. The van der Waals surface area contributed by atoms with Gasteiger partial charge in [-0.25, -0.2) is 4.79 Å². The fourth-order valence-corrected chi connectivity index (χ4v) is 2.14. The highest BCUT2D eigenvalue weighted by atomic mass is 35.5. The number of phenols is 1. The van der Waals surface area contributed by atoms with E-state index in [2.05, 4.69) is 10.6 Å². The zero-order chi connectivity index (χ0) is 14.7. The molecule has 0 spiro atoms. The lowest BCUT2D eigenvalue weighted by molar-refractivity contribution is 0.262. The maximum atomic E-state index is 11.9. The minimum absolute atomic E-state index is 0.0729. The first-order valence-corrected chi connectivity index (χ1v) is 6.54. The van der Waals surface area contributed by atoms with Gasteiger partial charge in [-0.2, -0.15) is 0 Å². The first-order valence-electron chi connectivity index (χ1n) is 5.79. The molecule has 2 rings (SSSR count). The van der Waals surface area contributed by atoms with Gasteiger partial charge in [-0.15, -0.1) is 0 Å². The standard InChI is InChI=1S/C14H12Cl2N2O2/c1-8-4-2-3-5-11(8)17-14(20)18-12-7-9(15)6-10(16)13(12)19/h2-7,19H,1H3,(H2,17,18,20). The molecule has 4 nitrogen and oxygen atoms in total. The molecule has 0 atom stereocenters. The molecule has 0 radical (unpaired) electrons. The van der Waals surface area contributed by atoms with E-state index in [9.17, 15) is 9.90 Å². The summed E-state index contributed by atoms with van der Waals surface area (Å²) in [4.78, 5) is 11.9. The number of hydrogen-bond acceptors (Lipinski definition) is 2. The van der Waals surface area contributed by atoms with E-state index in [1.165, 1.54) is 12.1 Å². The van der Waals surface area contributed by atoms with Crippen LogP contribution < -0.4 is 10.6 Å². The third-order valence-corrected chi connectivity index (χ3v) is 3.18. The van der Waals surface area contributed by atoms with Gasteiger partial charge in [-0.1, -0.05) is 41.4 Å². The summed E-state index contributed by atoms with van der Waals surface area (Å²) in [5, 5.41) is 15.3. The van der Waals surface area contributed by atoms with Crippen molar-refractivity contribution in [3.8, 4) is 5.75 Å². The number of anilines is 2. The molecule has 2 amide bonds. The van der Waals surface area contributed by atoms with Crippen molar-refractivity contribution in [2.75, 3.05) is 10.6 Å². The lowest BCUT2D eigenvalue weighted by Crippen LogP contribution is -2.20. The Morgan fingerprint density at radius 3 is 2.45 bits per heavy atom. The summed E-state index contributed by atoms with van der Waals surface area (Å²) in [5.41, 5.74) is 1.75.